The van der Waals surface area contributed by atoms with Crippen molar-refractivity contribution >= 4 is 21.9 Å². The molecule has 1 fully saturated rings. The Bertz CT molecular complexity index is 756. The monoisotopic (exact) mass is 368 g/mol. The molecule has 1 aliphatic carbocycles. The first-order valence-electron chi connectivity index (χ1n) is 8.38. The summed E-state index contributed by atoms with van der Waals surface area (Å²) in [6.07, 6.45) is 2.82. The average molecular weight is 368 g/mol. The fourth-order valence-electron chi connectivity index (χ4n) is 2.47. The molecule has 0 radical (unpaired) electrons. The number of benzene rings is 1. The summed E-state index contributed by atoms with van der Waals surface area (Å²) in [7, 11) is -3.65. The fraction of sp³-hybridized carbons (Fsp3) is 0.529. The molecule has 1 aromatic carbocycles. The van der Waals surface area contributed by atoms with Crippen LogP contribution in [0.3, 0.4) is 0 Å². The normalized spacial score (nSPS) is 15.6. The summed E-state index contributed by atoms with van der Waals surface area (Å²) in [5.74, 6) is -2.08. The van der Waals surface area contributed by atoms with Crippen LogP contribution < -0.4 is 10.0 Å². The number of rotatable bonds is 9. The number of carboxylic acids is 1. The molecule has 0 heterocycles. The van der Waals surface area contributed by atoms with Gasteiger partial charge in [-0.15, -0.1) is 0 Å². The minimum atomic E-state index is -3.65. The summed E-state index contributed by atoms with van der Waals surface area (Å²) < 4.78 is 27.2. The Hall–Kier alpha value is -1.93. The van der Waals surface area contributed by atoms with Crippen LogP contribution in [0.1, 0.15) is 48.5 Å². The molecule has 1 aromatic rings. The van der Waals surface area contributed by atoms with Crippen LogP contribution in [-0.4, -0.2) is 38.0 Å². The number of nitrogens with one attached hydrogen (secondary N) is 2. The first-order chi connectivity index (χ1) is 11.7. The second-order valence-electron chi connectivity index (χ2n) is 6.41. The Kier molecular flexibility index (Phi) is 6.18. The molecule has 1 unspecified atom stereocenters. The number of aryl methyl sites for hydroxylation is 1. The second kappa shape index (κ2) is 7.97. The smallest absolute Gasteiger partial charge is 0.308 e. The number of carboxylic acid groups (broad SMARTS) is 1. The first-order valence-corrected chi connectivity index (χ1v) is 9.87. The highest BCUT2D eigenvalue weighted by Gasteiger charge is 2.28. The van der Waals surface area contributed by atoms with E-state index in [4.69, 9.17) is 5.11 Å². The second-order valence-corrected chi connectivity index (χ2v) is 8.12. The van der Waals surface area contributed by atoms with Gasteiger partial charge < -0.3 is 10.4 Å². The minimum Gasteiger partial charge on any atom is -0.481 e. The van der Waals surface area contributed by atoms with Gasteiger partial charge >= 0.3 is 5.97 Å². The van der Waals surface area contributed by atoms with Gasteiger partial charge in [0, 0.05) is 18.2 Å². The van der Waals surface area contributed by atoms with Crippen molar-refractivity contribution in [1.29, 1.82) is 0 Å². The number of hydrogen-bond donors (Lipinski definition) is 3. The number of amides is 1. The van der Waals surface area contributed by atoms with E-state index >= 15 is 0 Å². The molecule has 1 aliphatic rings. The molecule has 0 aromatic heterocycles. The molecular weight excluding hydrogens is 344 g/mol. The van der Waals surface area contributed by atoms with Crippen LogP contribution in [0.2, 0.25) is 0 Å². The zero-order chi connectivity index (χ0) is 18.6. The van der Waals surface area contributed by atoms with Crippen LogP contribution >= 0.6 is 0 Å². The van der Waals surface area contributed by atoms with Gasteiger partial charge in [0.1, 0.15) is 0 Å². The number of carbonyl (C=O) groups excluding carboxylic acids is 1. The molecule has 2 rings (SSSR count). The number of aliphatic carboxylic acids is 1. The molecule has 25 heavy (non-hydrogen) atoms. The summed E-state index contributed by atoms with van der Waals surface area (Å²) in [4.78, 5) is 23.6. The lowest BCUT2D eigenvalue weighted by molar-refractivity contribution is -0.141. The standard InChI is InChI=1S/C17H24N2O5S/c1-3-4-12(17(21)22)10-18-16(20)15-9-14(8-5-11(15)2)25(23,24)19-13-6-7-13/h5,8-9,12-13,19H,3-4,6-7,10H2,1-2H3,(H,18,20)(H,21,22). The molecule has 7 nitrogen and oxygen atoms in total. The number of hydrogen-bond acceptors (Lipinski definition) is 4. The van der Waals surface area contributed by atoms with Gasteiger partial charge in [0.15, 0.2) is 0 Å². The van der Waals surface area contributed by atoms with Crippen LogP contribution in [-0.2, 0) is 14.8 Å². The summed E-state index contributed by atoms with van der Waals surface area (Å²) in [5.41, 5.74) is 0.865. The molecule has 1 saturated carbocycles. The highest BCUT2D eigenvalue weighted by Crippen LogP contribution is 2.23. The Balaban J connectivity index is 2.13. The highest BCUT2D eigenvalue weighted by atomic mass is 32.2. The van der Waals surface area contributed by atoms with Crippen LogP contribution in [0.25, 0.3) is 0 Å². The van der Waals surface area contributed by atoms with E-state index < -0.39 is 27.8 Å². The van der Waals surface area contributed by atoms with Gasteiger partial charge in [0.05, 0.1) is 10.8 Å². The molecule has 1 atom stereocenters. The predicted molar refractivity (Wildman–Crippen MR) is 92.9 cm³/mol. The zero-order valence-corrected chi connectivity index (χ0v) is 15.2. The van der Waals surface area contributed by atoms with Gasteiger partial charge in [-0.2, -0.15) is 0 Å². The molecular formula is C17H24N2O5S. The molecule has 1 amide bonds. The average Bonchev–Trinajstić information content (AvgIpc) is 3.34. The minimum absolute atomic E-state index is 0.0126. The van der Waals surface area contributed by atoms with Crippen molar-refractivity contribution in [2.45, 2.75) is 50.5 Å². The van der Waals surface area contributed by atoms with E-state index in [1.54, 1.807) is 13.0 Å². The maximum absolute atomic E-state index is 12.4. The Morgan fingerprint density at radius 1 is 1.32 bits per heavy atom. The number of carbonyl (C=O) groups is 2. The molecule has 0 bridgehead atoms. The van der Waals surface area contributed by atoms with Gasteiger partial charge in [-0.25, -0.2) is 13.1 Å². The quantitative estimate of drug-likeness (QED) is 0.614. The lowest BCUT2D eigenvalue weighted by Crippen LogP contribution is -2.33. The third-order valence-electron chi connectivity index (χ3n) is 4.16. The molecule has 138 valence electrons. The SMILES string of the molecule is CCCC(CNC(=O)c1cc(S(=O)(=O)NC2CC2)ccc1C)C(=O)O. The summed E-state index contributed by atoms with van der Waals surface area (Å²) in [5, 5.41) is 11.7. The first kappa shape index (κ1) is 19.4. The summed E-state index contributed by atoms with van der Waals surface area (Å²) in [6.45, 7) is 3.60. The van der Waals surface area contributed by atoms with Gasteiger partial charge in [-0.3, -0.25) is 9.59 Å². The predicted octanol–water partition coefficient (Wildman–Crippen LogP) is 1.67. The van der Waals surface area contributed by atoms with E-state index in [1.807, 2.05) is 6.92 Å². The molecule has 3 N–H and O–H groups in total. The van der Waals surface area contributed by atoms with Crippen LogP contribution in [0.4, 0.5) is 0 Å². The Labute approximate surface area is 147 Å². The van der Waals surface area contributed by atoms with Crippen molar-refractivity contribution < 1.29 is 23.1 Å². The van der Waals surface area contributed by atoms with Crippen molar-refractivity contribution in [1.82, 2.24) is 10.0 Å². The summed E-state index contributed by atoms with van der Waals surface area (Å²) in [6, 6.07) is 4.37. The third kappa shape index (κ3) is 5.27. The van der Waals surface area contributed by atoms with E-state index in [9.17, 15) is 18.0 Å². The van der Waals surface area contributed by atoms with E-state index in [0.29, 0.717) is 18.4 Å². The van der Waals surface area contributed by atoms with Crippen molar-refractivity contribution in [3.8, 4) is 0 Å². The molecule has 8 heteroatoms. The van der Waals surface area contributed by atoms with Gasteiger partial charge in [0.2, 0.25) is 10.0 Å². The van der Waals surface area contributed by atoms with Gasteiger partial charge in [0.25, 0.3) is 5.91 Å². The summed E-state index contributed by atoms with van der Waals surface area (Å²) >= 11 is 0. The molecule has 0 spiro atoms. The number of sulfonamides is 1. The Morgan fingerprint density at radius 3 is 2.56 bits per heavy atom. The maximum Gasteiger partial charge on any atom is 0.308 e. The largest absolute Gasteiger partial charge is 0.481 e. The zero-order valence-electron chi connectivity index (χ0n) is 14.4. The fourth-order valence-corrected chi connectivity index (χ4v) is 3.80. The van der Waals surface area contributed by atoms with E-state index in [0.717, 1.165) is 12.8 Å². The van der Waals surface area contributed by atoms with Crippen molar-refractivity contribution in [2.24, 2.45) is 5.92 Å². The van der Waals surface area contributed by atoms with Crippen LogP contribution in [0.5, 0.6) is 0 Å². The van der Waals surface area contributed by atoms with E-state index in [1.165, 1.54) is 12.1 Å². The van der Waals surface area contributed by atoms with Crippen molar-refractivity contribution in [3.05, 3.63) is 29.3 Å². The van der Waals surface area contributed by atoms with E-state index in [-0.39, 0.29) is 23.0 Å². The topological polar surface area (TPSA) is 113 Å². The molecule has 0 saturated heterocycles. The van der Waals surface area contributed by atoms with Crippen molar-refractivity contribution in [2.75, 3.05) is 6.54 Å². The third-order valence-corrected chi connectivity index (χ3v) is 5.68. The van der Waals surface area contributed by atoms with Crippen molar-refractivity contribution in [3.63, 3.8) is 0 Å². The van der Waals surface area contributed by atoms with Crippen LogP contribution in [0.15, 0.2) is 23.1 Å². The van der Waals surface area contributed by atoms with Gasteiger partial charge in [-0.1, -0.05) is 19.4 Å². The lowest BCUT2D eigenvalue weighted by Gasteiger charge is -2.14. The molecule has 0 aliphatic heterocycles. The van der Waals surface area contributed by atoms with Crippen LogP contribution in [0, 0.1) is 12.8 Å². The lowest BCUT2D eigenvalue weighted by atomic mass is 10.0. The maximum atomic E-state index is 12.4. The van der Waals surface area contributed by atoms with Gasteiger partial charge in [-0.05, 0) is 43.9 Å². The Morgan fingerprint density at radius 2 is 2.00 bits per heavy atom. The van der Waals surface area contributed by atoms with E-state index in [2.05, 4.69) is 10.0 Å². The highest BCUT2D eigenvalue weighted by molar-refractivity contribution is 7.89.